The van der Waals surface area contributed by atoms with E-state index in [1.54, 1.807) is 7.11 Å². The second-order valence-corrected chi connectivity index (χ2v) is 3.07. The summed E-state index contributed by atoms with van der Waals surface area (Å²) < 4.78 is 4.96. The van der Waals surface area contributed by atoms with Gasteiger partial charge in [0.05, 0.1) is 0 Å². The van der Waals surface area contributed by atoms with Crippen molar-refractivity contribution in [1.29, 1.82) is 0 Å². The molecule has 0 saturated heterocycles. The van der Waals surface area contributed by atoms with Crippen LogP contribution < -0.4 is 5.32 Å². The van der Waals surface area contributed by atoms with Crippen LogP contribution >= 0.6 is 0 Å². The van der Waals surface area contributed by atoms with Crippen molar-refractivity contribution in [3.8, 4) is 0 Å². The van der Waals surface area contributed by atoms with Crippen molar-refractivity contribution >= 4 is 0 Å². The van der Waals surface area contributed by atoms with Crippen LogP contribution in [-0.2, 0) is 4.74 Å². The number of hydrogen-bond acceptors (Lipinski definition) is 3. The van der Waals surface area contributed by atoms with E-state index in [1.807, 2.05) is 0 Å². The molecule has 0 radical (unpaired) electrons. The van der Waals surface area contributed by atoms with Crippen LogP contribution in [0.25, 0.3) is 0 Å². The summed E-state index contributed by atoms with van der Waals surface area (Å²) in [6.45, 7) is 4.26. The van der Waals surface area contributed by atoms with E-state index in [0.29, 0.717) is 12.6 Å². The Morgan fingerprint density at radius 2 is 2.17 bits per heavy atom. The largest absolute Gasteiger partial charge is 0.396 e. The summed E-state index contributed by atoms with van der Waals surface area (Å²) in [4.78, 5) is 0. The van der Waals surface area contributed by atoms with Crippen molar-refractivity contribution in [2.45, 2.75) is 32.2 Å². The summed E-state index contributed by atoms with van der Waals surface area (Å²) in [5.74, 6) is 0. The first kappa shape index (κ1) is 11.9. The first-order valence-corrected chi connectivity index (χ1v) is 4.64. The summed E-state index contributed by atoms with van der Waals surface area (Å²) in [5, 5.41) is 11.9. The zero-order valence-corrected chi connectivity index (χ0v) is 8.18. The highest BCUT2D eigenvalue weighted by Crippen LogP contribution is 1.92. The van der Waals surface area contributed by atoms with Crippen LogP contribution in [0.4, 0.5) is 0 Å². The van der Waals surface area contributed by atoms with Gasteiger partial charge >= 0.3 is 0 Å². The maximum absolute atomic E-state index is 8.53. The molecule has 0 bridgehead atoms. The molecular weight excluding hydrogens is 154 g/mol. The Morgan fingerprint density at radius 3 is 2.75 bits per heavy atom. The van der Waals surface area contributed by atoms with Gasteiger partial charge in [-0.25, -0.2) is 0 Å². The number of aliphatic hydroxyl groups is 1. The Kier molecular flexibility index (Phi) is 8.88. The normalized spacial score (nSPS) is 13.2. The minimum Gasteiger partial charge on any atom is -0.396 e. The van der Waals surface area contributed by atoms with Gasteiger partial charge < -0.3 is 15.2 Å². The first-order valence-electron chi connectivity index (χ1n) is 4.64. The molecule has 0 fully saturated rings. The third kappa shape index (κ3) is 7.98. The SMILES string of the molecule is COCCC(C)NCCCCO. The fourth-order valence-electron chi connectivity index (χ4n) is 0.982. The van der Waals surface area contributed by atoms with Crippen LogP contribution in [0.15, 0.2) is 0 Å². The quantitative estimate of drug-likeness (QED) is 0.535. The van der Waals surface area contributed by atoms with Crippen molar-refractivity contribution in [1.82, 2.24) is 5.32 Å². The molecule has 3 heteroatoms. The molecule has 0 aromatic rings. The summed E-state index contributed by atoms with van der Waals surface area (Å²) in [6.07, 6.45) is 2.99. The van der Waals surface area contributed by atoms with Gasteiger partial charge in [0.1, 0.15) is 0 Å². The lowest BCUT2D eigenvalue weighted by Gasteiger charge is -2.12. The Balaban J connectivity index is 3.02. The van der Waals surface area contributed by atoms with Gasteiger partial charge in [-0.1, -0.05) is 0 Å². The highest BCUT2D eigenvalue weighted by Gasteiger charge is 1.98. The molecule has 0 amide bonds. The molecule has 0 aliphatic carbocycles. The van der Waals surface area contributed by atoms with Gasteiger partial charge in [-0.15, -0.1) is 0 Å². The van der Waals surface area contributed by atoms with Gasteiger partial charge in [-0.3, -0.25) is 0 Å². The third-order valence-electron chi connectivity index (χ3n) is 1.83. The highest BCUT2D eigenvalue weighted by molar-refractivity contribution is 4.59. The fraction of sp³-hybridized carbons (Fsp3) is 1.00. The molecule has 0 aliphatic heterocycles. The van der Waals surface area contributed by atoms with Crippen LogP contribution in [0.2, 0.25) is 0 Å². The van der Waals surface area contributed by atoms with Crippen LogP contribution in [0.5, 0.6) is 0 Å². The number of rotatable bonds is 8. The lowest BCUT2D eigenvalue weighted by atomic mass is 10.2. The lowest BCUT2D eigenvalue weighted by Crippen LogP contribution is -2.28. The van der Waals surface area contributed by atoms with Gasteiger partial charge in [0.25, 0.3) is 0 Å². The topological polar surface area (TPSA) is 41.5 Å². The Bertz CT molecular complexity index is 88.6. The van der Waals surface area contributed by atoms with Crippen LogP contribution in [0.3, 0.4) is 0 Å². The van der Waals surface area contributed by atoms with E-state index >= 15 is 0 Å². The van der Waals surface area contributed by atoms with Gasteiger partial charge in [0.15, 0.2) is 0 Å². The molecule has 0 aromatic heterocycles. The Labute approximate surface area is 75.1 Å². The second kappa shape index (κ2) is 8.97. The van der Waals surface area contributed by atoms with Gasteiger partial charge in [-0.05, 0) is 32.7 Å². The summed E-state index contributed by atoms with van der Waals surface area (Å²) in [6, 6.07) is 0.517. The molecule has 12 heavy (non-hydrogen) atoms. The average Bonchev–Trinajstić information content (AvgIpc) is 2.09. The van der Waals surface area contributed by atoms with Gasteiger partial charge in [0.2, 0.25) is 0 Å². The maximum Gasteiger partial charge on any atom is 0.0476 e. The van der Waals surface area contributed by atoms with E-state index < -0.39 is 0 Å². The van der Waals surface area contributed by atoms with Gasteiger partial charge in [0, 0.05) is 26.4 Å². The fourth-order valence-corrected chi connectivity index (χ4v) is 0.982. The minimum absolute atomic E-state index is 0.300. The summed E-state index contributed by atoms with van der Waals surface area (Å²) in [5.41, 5.74) is 0. The molecule has 0 heterocycles. The molecule has 1 unspecified atom stereocenters. The van der Waals surface area contributed by atoms with Crippen molar-refractivity contribution in [3.63, 3.8) is 0 Å². The third-order valence-corrected chi connectivity index (χ3v) is 1.83. The lowest BCUT2D eigenvalue weighted by molar-refractivity contribution is 0.184. The smallest absolute Gasteiger partial charge is 0.0476 e. The molecule has 2 N–H and O–H groups in total. The standard InChI is InChI=1S/C9H21NO2/c1-9(5-8-12-2)10-6-3-4-7-11/h9-11H,3-8H2,1-2H3. The second-order valence-electron chi connectivity index (χ2n) is 3.07. The van der Waals surface area contributed by atoms with Crippen molar-refractivity contribution in [2.75, 3.05) is 26.9 Å². The van der Waals surface area contributed by atoms with E-state index in [2.05, 4.69) is 12.2 Å². The van der Waals surface area contributed by atoms with E-state index in [9.17, 15) is 0 Å². The molecule has 0 aromatic carbocycles. The molecule has 1 atom stereocenters. The van der Waals surface area contributed by atoms with E-state index in [0.717, 1.165) is 32.4 Å². The summed E-state index contributed by atoms with van der Waals surface area (Å²) in [7, 11) is 1.72. The Hall–Kier alpha value is -0.120. The van der Waals surface area contributed by atoms with Crippen LogP contribution in [-0.4, -0.2) is 38.0 Å². The molecule has 0 spiro atoms. The van der Waals surface area contributed by atoms with Crippen molar-refractivity contribution in [3.05, 3.63) is 0 Å². The maximum atomic E-state index is 8.53. The monoisotopic (exact) mass is 175 g/mol. The predicted molar refractivity (Wildman–Crippen MR) is 50.3 cm³/mol. The number of aliphatic hydroxyl groups excluding tert-OH is 1. The summed E-state index contributed by atoms with van der Waals surface area (Å²) >= 11 is 0. The van der Waals surface area contributed by atoms with E-state index in [4.69, 9.17) is 9.84 Å². The van der Waals surface area contributed by atoms with Crippen LogP contribution in [0.1, 0.15) is 26.2 Å². The molecule has 0 saturated carbocycles. The zero-order valence-electron chi connectivity index (χ0n) is 8.18. The molecule has 0 aliphatic rings. The number of nitrogens with one attached hydrogen (secondary N) is 1. The number of ether oxygens (including phenoxy) is 1. The average molecular weight is 175 g/mol. The Morgan fingerprint density at radius 1 is 1.42 bits per heavy atom. The molecule has 3 nitrogen and oxygen atoms in total. The number of unbranched alkanes of at least 4 members (excludes halogenated alkanes) is 1. The van der Waals surface area contributed by atoms with Crippen LogP contribution in [0, 0.1) is 0 Å². The zero-order chi connectivity index (χ0) is 9.23. The number of hydrogen-bond donors (Lipinski definition) is 2. The molecular formula is C9H21NO2. The minimum atomic E-state index is 0.300. The van der Waals surface area contributed by atoms with Gasteiger partial charge in [-0.2, -0.15) is 0 Å². The predicted octanol–water partition coefficient (Wildman–Crippen LogP) is 0.773. The first-order chi connectivity index (χ1) is 5.81. The van der Waals surface area contributed by atoms with E-state index in [-0.39, 0.29) is 0 Å². The molecule has 74 valence electrons. The van der Waals surface area contributed by atoms with Crippen molar-refractivity contribution in [2.24, 2.45) is 0 Å². The van der Waals surface area contributed by atoms with Crippen molar-refractivity contribution < 1.29 is 9.84 Å². The molecule has 0 rings (SSSR count). The highest BCUT2D eigenvalue weighted by atomic mass is 16.5. The number of methoxy groups -OCH3 is 1. The van der Waals surface area contributed by atoms with E-state index in [1.165, 1.54) is 0 Å².